The number of aromatic nitrogens is 2. The third-order valence-electron chi connectivity index (χ3n) is 3.72. The van der Waals surface area contributed by atoms with Gasteiger partial charge in [-0.2, -0.15) is 5.26 Å². The lowest BCUT2D eigenvalue weighted by Crippen LogP contribution is -2.36. The van der Waals surface area contributed by atoms with Crippen LogP contribution in [-0.2, 0) is 4.79 Å². The van der Waals surface area contributed by atoms with Crippen LogP contribution in [-0.4, -0.2) is 29.3 Å². The van der Waals surface area contributed by atoms with Gasteiger partial charge >= 0.3 is 0 Å². The summed E-state index contributed by atoms with van der Waals surface area (Å²) in [6.07, 6.45) is 1.32. The van der Waals surface area contributed by atoms with Crippen LogP contribution in [0.25, 0.3) is 11.5 Å². The van der Waals surface area contributed by atoms with E-state index < -0.39 is 11.7 Å². The highest BCUT2D eigenvalue weighted by Gasteiger charge is 2.19. The molecule has 0 unspecified atom stereocenters. The van der Waals surface area contributed by atoms with Crippen LogP contribution in [0.15, 0.2) is 59.3 Å². The third kappa shape index (κ3) is 4.46. The first-order valence-corrected chi connectivity index (χ1v) is 8.10. The Hall–Kier alpha value is -3.73. The molecule has 1 heterocycles. The molecule has 27 heavy (non-hydrogen) atoms. The van der Waals surface area contributed by atoms with Gasteiger partial charge in [-0.15, -0.1) is 10.2 Å². The van der Waals surface area contributed by atoms with Crippen molar-refractivity contribution in [3.63, 3.8) is 0 Å². The maximum atomic E-state index is 14.0. The maximum Gasteiger partial charge on any atom is 0.265 e. The molecule has 136 valence electrons. The minimum Gasteiger partial charge on any atom is -0.484 e. The molecule has 1 aromatic heterocycles. The van der Waals surface area contributed by atoms with Crippen molar-refractivity contribution in [1.29, 1.82) is 5.26 Å². The van der Waals surface area contributed by atoms with Crippen LogP contribution in [0.5, 0.6) is 5.75 Å². The minimum atomic E-state index is -0.535. The van der Waals surface area contributed by atoms with Crippen molar-refractivity contribution >= 4 is 11.6 Å². The van der Waals surface area contributed by atoms with Crippen LogP contribution in [0.2, 0.25) is 0 Å². The average Bonchev–Trinajstić information content (AvgIpc) is 3.23. The molecular formula is C19H15FN4O3. The molecule has 7 nitrogen and oxygen atoms in total. The van der Waals surface area contributed by atoms with Crippen LogP contribution in [0.3, 0.4) is 0 Å². The van der Waals surface area contributed by atoms with Gasteiger partial charge in [0.25, 0.3) is 5.91 Å². The fourth-order valence-corrected chi connectivity index (χ4v) is 2.43. The van der Waals surface area contributed by atoms with Crippen molar-refractivity contribution in [1.82, 2.24) is 10.2 Å². The highest BCUT2D eigenvalue weighted by atomic mass is 19.1. The molecule has 0 aliphatic heterocycles. The Balaban J connectivity index is 1.67. The zero-order valence-corrected chi connectivity index (χ0v) is 14.2. The number of halogens is 1. The molecule has 3 rings (SSSR count). The Morgan fingerprint density at radius 2 is 2.00 bits per heavy atom. The number of rotatable bonds is 7. The summed E-state index contributed by atoms with van der Waals surface area (Å²) in [5.74, 6) is -0.149. The molecule has 0 aliphatic carbocycles. The highest BCUT2D eigenvalue weighted by Crippen LogP contribution is 2.22. The molecule has 8 heteroatoms. The van der Waals surface area contributed by atoms with E-state index in [2.05, 4.69) is 10.2 Å². The number of carbonyl (C=O) groups excluding carboxylic acids is 1. The molecule has 0 fully saturated rings. The zero-order valence-electron chi connectivity index (χ0n) is 14.2. The fourth-order valence-electron chi connectivity index (χ4n) is 2.43. The Morgan fingerprint density at radius 3 is 2.67 bits per heavy atom. The third-order valence-corrected chi connectivity index (χ3v) is 3.72. The van der Waals surface area contributed by atoms with Gasteiger partial charge in [0.2, 0.25) is 12.3 Å². The Bertz CT molecular complexity index is 936. The summed E-state index contributed by atoms with van der Waals surface area (Å²) >= 11 is 0. The predicted molar refractivity (Wildman–Crippen MR) is 94.2 cm³/mol. The van der Waals surface area contributed by atoms with Gasteiger partial charge in [-0.25, -0.2) is 4.39 Å². The number of para-hydroxylation sites is 1. The topological polar surface area (TPSA) is 92.2 Å². The second-order valence-corrected chi connectivity index (χ2v) is 5.46. The quantitative estimate of drug-likeness (QED) is 0.638. The Morgan fingerprint density at radius 1 is 1.22 bits per heavy atom. The van der Waals surface area contributed by atoms with Gasteiger partial charge in [-0.1, -0.05) is 12.1 Å². The van der Waals surface area contributed by atoms with Gasteiger partial charge in [0.05, 0.1) is 18.2 Å². The Labute approximate surface area is 154 Å². The van der Waals surface area contributed by atoms with Crippen molar-refractivity contribution in [2.24, 2.45) is 0 Å². The van der Waals surface area contributed by atoms with E-state index in [0.717, 1.165) is 0 Å². The standard InChI is InChI=1S/C19H15FN4O3/c20-16-4-1-2-5-17(16)24(11-3-10-21)18(25)12-26-15-8-6-14(7-9-15)19-23-22-13-27-19/h1-2,4-9,13H,3,11-12H2. The van der Waals surface area contributed by atoms with E-state index in [1.54, 1.807) is 30.3 Å². The molecule has 0 saturated heterocycles. The van der Waals surface area contributed by atoms with Crippen LogP contribution in [0.4, 0.5) is 10.1 Å². The number of carbonyl (C=O) groups is 1. The van der Waals surface area contributed by atoms with Gasteiger partial charge in [-0.3, -0.25) is 4.79 Å². The zero-order chi connectivity index (χ0) is 19.1. The van der Waals surface area contributed by atoms with Crippen LogP contribution >= 0.6 is 0 Å². The number of amides is 1. The number of benzene rings is 2. The monoisotopic (exact) mass is 366 g/mol. The van der Waals surface area contributed by atoms with E-state index >= 15 is 0 Å². The number of nitrogens with zero attached hydrogens (tertiary/aromatic N) is 4. The van der Waals surface area contributed by atoms with Gasteiger partial charge in [0.1, 0.15) is 11.6 Å². The highest BCUT2D eigenvalue weighted by molar-refractivity contribution is 5.94. The summed E-state index contributed by atoms with van der Waals surface area (Å²) in [6.45, 7) is -0.213. The lowest BCUT2D eigenvalue weighted by Gasteiger charge is -2.22. The van der Waals surface area contributed by atoms with Crippen molar-refractivity contribution in [2.45, 2.75) is 6.42 Å². The second-order valence-electron chi connectivity index (χ2n) is 5.46. The van der Waals surface area contributed by atoms with Crippen LogP contribution in [0, 0.1) is 17.1 Å². The maximum absolute atomic E-state index is 14.0. The molecule has 0 N–H and O–H groups in total. The van der Waals surface area contributed by atoms with E-state index in [1.165, 1.54) is 29.5 Å². The average molecular weight is 366 g/mol. The molecule has 1 amide bonds. The molecule has 0 atom stereocenters. The van der Waals surface area contributed by atoms with Crippen LogP contribution < -0.4 is 9.64 Å². The first-order valence-electron chi connectivity index (χ1n) is 8.10. The number of hydrogen-bond acceptors (Lipinski definition) is 6. The predicted octanol–water partition coefficient (Wildman–Crippen LogP) is 3.20. The first kappa shape index (κ1) is 18.1. The lowest BCUT2D eigenvalue weighted by molar-refractivity contribution is -0.120. The smallest absolute Gasteiger partial charge is 0.265 e. The summed E-state index contributed by atoms with van der Waals surface area (Å²) in [7, 11) is 0. The normalized spacial score (nSPS) is 10.2. The molecular weight excluding hydrogens is 351 g/mol. The second kappa shape index (κ2) is 8.58. The summed E-state index contributed by atoms with van der Waals surface area (Å²) in [5, 5.41) is 16.2. The number of hydrogen-bond donors (Lipinski definition) is 0. The Kier molecular flexibility index (Phi) is 5.74. The molecule has 0 aliphatic rings. The molecule has 0 saturated carbocycles. The number of anilines is 1. The number of ether oxygens (including phenoxy) is 1. The molecule has 0 radical (unpaired) electrons. The summed E-state index contributed by atoms with van der Waals surface area (Å²) < 4.78 is 24.6. The van der Waals surface area contributed by atoms with E-state index in [1.807, 2.05) is 6.07 Å². The summed E-state index contributed by atoms with van der Waals surface area (Å²) in [4.78, 5) is 13.7. The van der Waals surface area contributed by atoms with Crippen molar-refractivity contribution in [2.75, 3.05) is 18.1 Å². The van der Waals surface area contributed by atoms with E-state index in [0.29, 0.717) is 17.2 Å². The van der Waals surface area contributed by atoms with Gasteiger partial charge in [0, 0.05) is 12.1 Å². The van der Waals surface area contributed by atoms with Crippen LogP contribution in [0.1, 0.15) is 6.42 Å². The largest absolute Gasteiger partial charge is 0.484 e. The molecule has 0 spiro atoms. The van der Waals surface area contributed by atoms with E-state index in [9.17, 15) is 9.18 Å². The molecule has 2 aromatic carbocycles. The van der Waals surface area contributed by atoms with E-state index in [4.69, 9.17) is 14.4 Å². The molecule has 0 bridgehead atoms. The van der Waals surface area contributed by atoms with Crippen molar-refractivity contribution in [3.8, 4) is 23.3 Å². The van der Waals surface area contributed by atoms with Crippen molar-refractivity contribution < 1.29 is 18.3 Å². The number of nitriles is 1. The summed E-state index contributed by atoms with van der Waals surface area (Å²) in [6, 6.07) is 14.6. The minimum absolute atomic E-state index is 0.0791. The van der Waals surface area contributed by atoms with Gasteiger partial charge in [0.15, 0.2) is 6.61 Å². The van der Waals surface area contributed by atoms with Crippen molar-refractivity contribution in [3.05, 3.63) is 60.7 Å². The molecule has 3 aromatic rings. The lowest BCUT2D eigenvalue weighted by atomic mass is 10.2. The van der Waals surface area contributed by atoms with E-state index in [-0.39, 0.29) is 25.3 Å². The van der Waals surface area contributed by atoms with Gasteiger partial charge < -0.3 is 14.1 Å². The summed E-state index contributed by atoms with van der Waals surface area (Å²) in [5.41, 5.74) is 0.835. The van der Waals surface area contributed by atoms with Gasteiger partial charge in [-0.05, 0) is 36.4 Å². The first-order chi connectivity index (χ1) is 13.2. The fraction of sp³-hybridized carbons (Fsp3) is 0.158. The SMILES string of the molecule is N#CCCN(C(=O)COc1ccc(-c2nnco2)cc1)c1ccccc1F.